The molecule has 0 aromatic heterocycles. The number of nitrogens with two attached hydrogens (primary N) is 2. The van der Waals surface area contributed by atoms with E-state index in [-0.39, 0.29) is 24.5 Å². The Morgan fingerprint density at radius 1 is 0.889 bits per heavy atom. The van der Waals surface area contributed by atoms with E-state index in [1.807, 2.05) is 0 Å². The second-order valence-corrected chi connectivity index (χ2v) is 9.12. The van der Waals surface area contributed by atoms with Gasteiger partial charge < -0.3 is 42.7 Å². The summed E-state index contributed by atoms with van der Waals surface area (Å²) in [4.78, 5) is 49.9. The van der Waals surface area contributed by atoms with E-state index in [0.29, 0.717) is 19.4 Å². The van der Waals surface area contributed by atoms with Gasteiger partial charge in [-0.15, -0.1) is 0 Å². The SMILES string of the molecule is CC(C)C(NC(=O)C(N)Cc1ccc(O)cc1)C(=O)NC(CCCCN)C(=O)NC(C(=O)O)C(C)O. The lowest BCUT2D eigenvalue weighted by atomic mass is 10.00. The van der Waals surface area contributed by atoms with Crippen molar-refractivity contribution < 1.29 is 34.5 Å². The van der Waals surface area contributed by atoms with Crippen molar-refractivity contribution in [2.24, 2.45) is 17.4 Å². The highest BCUT2D eigenvalue weighted by Gasteiger charge is 2.32. The number of aliphatic hydroxyl groups is 1. The first-order chi connectivity index (χ1) is 16.9. The van der Waals surface area contributed by atoms with Crippen LogP contribution < -0.4 is 27.4 Å². The molecule has 12 nitrogen and oxygen atoms in total. The summed E-state index contributed by atoms with van der Waals surface area (Å²) in [6, 6.07) is 1.60. The molecule has 0 bridgehead atoms. The minimum absolute atomic E-state index is 0.0847. The number of aromatic hydroxyl groups is 1. The lowest BCUT2D eigenvalue weighted by Gasteiger charge is -2.27. The first-order valence-corrected chi connectivity index (χ1v) is 11.9. The minimum atomic E-state index is -1.55. The number of carboxylic acid groups (broad SMARTS) is 1. The van der Waals surface area contributed by atoms with Crippen molar-refractivity contribution in [2.45, 2.75) is 76.7 Å². The second-order valence-electron chi connectivity index (χ2n) is 9.12. The normalized spacial score (nSPS) is 15.3. The highest BCUT2D eigenvalue weighted by molar-refractivity contribution is 5.94. The summed E-state index contributed by atoms with van der Waals surface area (Å²) in [7, 11) is 0. The van der Waals surface area contributed by atoms with E-state index in [0.717, 1.165) is 5.56 Å². The van der Waals surface area contributed by atoms with Crippen LogP contribution in [0.1, 0.15) is 45.6 Å². The van der Waals surface area contributed by atoms with Gasteiger partial charge in [0.05, 0.1) is 12.1 Å². The Labute approximate surface area is 210 Å². The van der Waals surface area contributed by atoms with Crippen LogP contribution in [0, 0.1) is 5.92 Å². The number of carbonyl (C=O) groups excluding carboxylic acids is 3. The Morgan fingerprint density at radius 3 is 1.97 bits per heavy atom. The number of aliphatic carboxylic acids is 1. The number of rotatable bonds is 15. The number of unbranched alkanes of at least 4 members (excludes halogenated alkanes) is 1. The van der Waals surface area contributed by atoms with E-state index in [2.05, 4.69) is 16.0 Å². The van der Waals surface area contributed by atoms with Crippen molar-refractivity contribution in [2.75, 3.05) is 6.54 Å². The molecule has 0 fully saturated rings. The van der Waals surface area contributed by atoms with E-state index in [1.165, 1.54) is 19.1 Å². The zero-order chi connectivity index (χ0) is 27.4. The van der Waals surface area contributed by atoms with Gasteiger partial charge in [0.2, 0.25) is 17.7 Å². The zero-order valence-corrected chi connectivity index (χ0v) is 20.9. The number of hydrogen-bond donors (Lipinski definition) is 8. The number of aliphatic hydroxyl groups excluding tert-OH is 1. The maximum atomic E-state index is 13.1. The van der Waals surface area contributed by atoms with Crippen molar-refractivity contribution in [1.82, 2.24) is 16.0 Å². The molecule has 0 aliphatic heterocycles. The summed E-state index contributed by atoms with van der Waals surface area (Å²) in [6.07, 6.45) is 0.0648. The van der Waals surface area contributed by atoms with Crippen LogP contribution >= 0.6 is 0 Å². The predicted octanol–water partition coefficient (Wildman–Crippen LogP) is -1.03. The molecule has 0 aliphatic rings. The maximum Gasteiger partial charge on any atom is 0.328 e. The molecule has 0 saturated carbocycles. The lowest BCUT2D eigenvalue weighted by molar-refractivity contribution is -0.145. The highest BCUT2D eigenvalue weighted by atomic mass is 16.4. The van der Waals surface area contributed by atoms with Gasteiger partial charge in [0.25, 0.3) is 0 Å². The molecule has 3 amide bonds. The summed E-state index contributed by atoms with van der Waals surface area (Å²) in [5.41, 5.74) is 12.3. The third-order valence-corrected chi connectivity index (χ3v) is 5.60. The Balaban J connectivity index is 2.92. The molecular formula is C24H39N5O7. The van der Waals surface area contributed by atoms with Crippen molar-refractivity contribution in [3.05, 3.63) is 29.8 Å². The van der Waals surface area contributed by atoms with Crippen LogP contribution in [0.5, 0.6) is 5.75 Å². The van der Waals surface area contributed by atoms with E-state index in [4.69, 9.17) is 11.5 Å². The number of amides is 3. The largest absolute Gasteiger partial charge is 0.508 e. The van der Waals surface area contributed by atoms with Gasteiger partial charge in [-0.25, -0.2) is 4.79 Å². The van der Waals surface area contributed by atoms with Crippen LogP contribution in [0.15, 0.2) is 24.3 Å². The second kappa shape index (κ2) is 15.0. The molecular weight excluding hydrogens is 470 g/mol. The number of carbonyl (C=O) groups is 4. The standard InChI is InChI=1S/C24H39N5O7/c1-13(2)19(28-21(32)17(26)12-15-7-9-16(31)10-8-15)23(34)27-18(6-4-5-11-25)22(33)29-20(14(3)30)24(35)36/h7-10,13-14,17-20,30-31H,4-6,11-12,25-26H2,1-3H3,(H,27,34)(H,28,32)(H,29,33)(H,35,36). The van der Waals surface area contributed by atoms with E-state index in [9.17, 15) is 34.5 Å². The molecule has 36 heavy (non-hydrogen) atoms. The molecule has 202 valence electrons. The van der Waals surface area contributed by atoms with Gasteiger partial charge in [-0.3, -0.25) is 14.4 Å². The summed E-state index contributed by atoms with van der Waals surface area (Å²) in [6.45, 7) is 5.03. The molecule has 0 radical (unpaired) electrons. The molecule has 5 unspecified atom stereocenters. The molecule has 0 saturated heterocycles. The molecule has 12 heteroatoms. The van der Waals surface area contributed by atoms with Gasteiger partial charge in [-0.1, -0.05) is 26.0 Å². The average molecular weight is 510 g/mol. The van der Waals surface area contributed by atoms with Crippen LogP contribution in [0.3, 0.4) is 0 Å². The zero-order valence-electron chi connectivity index (χ0n) is 20.9. The predicted molar refractivity (Wildman–Crippen MR) is 133 cm³/mol. The van der Waals surface area contributed by atoms with Gasteiger partial charge in [-0.2, -0.15) is 0 Å². The molecule has 0 spiro atoms. The Bertz CT molecular complexity index is 876. The Kier molecular flexibility index (Phi) is 12.9. The first-order valence-electron chi connectivity index (χ1n) is 11.9. The summed E-state index contributed by atoms with van der Waals surface area (Å²) < 4.78 is 0. The van der Waals surface area contributed by atoms with Crippen LogP contribution in [0.25, 0.3) is 0 Å². The molecule has 0 aliphatic carbocycles. The van der Waals surface area contributed by atoms with Gasteiger partial charge in [0.15, 0.2) is 6.04 Å². The fraction of sp³-hybridized carbons (Fsp3) is 0.583. The van der Waals surface area contributed by atoms with Crippen molar-refractivity contribution in [3.63, 3.8) is 0 Å². The Morgan fingerprint density at radius 2 is 1.47 bits per heavy atom. The average Bonchev–Trinajstić information content (AvgIpc) is 2.80. The number of carboxylic acids is 1. The fourth-order valence-corrected chi connectivity index (χ4v) is 3.44. The Hall–Kier alpha value is -3.22. The fourth-order valence-electron chi connectivity index (χ4n) is 3.44. The monoisotopic (exact) mass is 509 g/mol. The molecule has 1 rings (SSSR count). The van der Waals surface area contributed by atoms with Gasteiger partial charge in [0, 0.05) is 0 Å². The van der Waals surface area contributed by atoms with Gasteiger partial charge >= 0.3 is 5.97 Å². The third-order valence-electron chi connectivity index (χ3n) is 5.60. The van der Waals surface area contributed by atoms with Crippen molar-refractivity contribution in [3.8, 4) is 5.75 Å². The quantitative estimate of drug-likeness (QED) is 0.135. The number of phenolic OH excluding ortho intramolecular Hbond substituents is 1. The van der Waals surface area contributed by atoms with E-state index < -0.39 is 54.0 Å². The van der Waals surface area contributed by atoms with Crippen molar-refractivity contribution >= 4 is 23.7 Å². The molecule has 10 N–H and O–H groups in total. The number of phenols is 1. The lowest BCUT2D eigenvalue weighted by Crippen LogP contribution is -2.59. The maximum absolute atomic E-state index is 13.1. The summed E-state index contributed by atoms with van der Waals surface area (Å²) >= 11 is 0. The van der Waals surface area contributed by atoms with Crippen LogP contribution in [-0.4, -0.2) is 75.8 Å². The van der Waals surface area contributed by atoms with Crippen molar-refractivity contribution in [1.29, 1.82) is 0 Å². The molecule has 1 aromatic rings. The van der Waals surface area contributed by atoms with Crippen LogP contribution in [0.4, 0.5) is 0 Å². The molecule has 0 heterocycles. The third kappa shape index (κ3) is 10.2. The van der Waals surface area contributed by atoms with Gasteiger partial charge in [0.1, 0.15) is 17.8 Å². The van der Waals surface area contributed by atoms with E-state index >= 15 is 0 Å². The first kappa shape index (κ1) is 30.8. The van der Waals surface area contributed by atoms with Gasteiger partial charge in [-0.05, 0) is 62.8 Å². The van der Waals surface area contributed by atoms with Crippen LogP contribution in [0.2, 0.25) is 0 Å². The minimum Gasteiger partial charge on any atom is -0.508 e. The molecule has 1 aromatic carbocycles. The topological polar surface area (TPSA) is 217 Å². The number of hydrogen-bond acceptors (Lipinski definition) is 8. The smallest absolute Gasteiger partial charge is 0.328 e. The number of benzene rings is 1. The highest BCUT2D eigenvalue weighted by Crippen LogP contribution is 2.12. The summed E-state index contributed by atoms with van der Waals surface area (Å²) in [5, 5.41) is 35.8. The molecule has 5 atom stereocenters. The number of nitrogens with one attached hydrogen (secondary N) is 3. The van der Waals surface area contributed by atoms with E-state index in [1.54, 1.807) is 26.0 Å². The van der Waals surface area contributed by atoms with Crippen LogP contribution in [-0.2, 0) is 25.6 Å². The summed E-state index contributed by atoms with van der Waals surface area (Å²) in [5.74, 6) is -3.66.